The standard InChI is InChI=1S/C35H31N5O3/c41-23-22-40(21-20-25-16-18-29(19-17-25)39-35(42)38-28-14-8-3-9-15-28)33-31-30(26-10-4-1-5-11-26)32(27-12-6-2-7-13-27)43-34(31)37-24-36-33/h1-19,24,41H,20-23H2,(H2,38,39,42). The van der Waals surface area contributed by atoms with Gasteiger partial charge in [0.1, 0.15) is 17.9 Å². The van der Waals surface area contributed by atoms with E-state index in [-0.39, 0.29) is 12.6 Å². The number of fused-ring (bicyclic) bond motifs is 1. The second-order valence-electron chi connectivity index (χ2n) is 10.0. The van der Waals surface area contributed by atoms with Gasteiger partial charge >= 0.3 is 6.03 Å². The molecule has 0 fully saturated rings. The molecular formula is C35H31N5O3. The van der Waals surface area contributed by atoms with Gasteiger partial charge in [-0.05, 0) is 41.8 Å². The van der Waals surface area contributed by atoms with Crippen molar-refractivity contribution in [2.45, 2.75) is 6.42 Å². The average molecular weight is 570 g/mol. The molecular weight excluding hydrogens is 538 g/mol. The van der Waals surface area contributed by atoms with Gasteiger partial charge in [-0.2, -0.15) is 0 Å². The van der Waals surface area contributed by atoms with E-state index < -0.39 is 0 Å². The van der Waals surface area contributed by atoms with Crippen LogP contribution in [0, 0.1) is 0 Å². The summed E-state index contributed by atoms with van der Waals surface area (Å²) in [5, 5.41) is 16.5. The summed E-state index contributed by atoms with van der Waals surface area (Å²) in [6.07, 6.45) is 2.21. The molecule has 3 N–H and O–H groups in total. The number of aromatic nitrogens is 2. The van der Waals surface area contributed by atoms with Crippen LogP contribution in [0.5, 0.6) is 0 Å². The van der Waals surface area contributed by atoms with Crippen molar-refractivity contribution in [3.8, 4) is 22.5 Å². The predicted octanol–water partition coefficient (Wildman–Crippen LogP) is 7.24. The average Bonchev–Trinajstić information content (AvgIpc) is 3.45. The Morgan fingerprint density at radius 1 is 0.721 bits per heavy atom. The van der Waals surface area contributed by atoms with Crippen molar-refractivity contribution in [1.29, 1.82) is 0 Å². The number of nitrogens with zero attached hydrogens (tertiary/aromatic N) is 3. The molecule has 0 unspecified atom stereocenters. The van der Waals surface area contributed by atoms with Gasteiger partial charge in [0.25, 0.3) is 0 Å². The normalized spacial score (nSPS) is 10.9. The van der Waals surface area contributed by atoms with Gasteiger partial charge in [-0.1, -0.05) is 91.0 Å². The van der Waals surface area contributed by atoms with Gasteiger partial charge in [0.05, 0.1) is 12.0 Å². The molecule has 0 saturated heterocycles. The molecule has 0 saturated carbocycles. The molecule has 2 aromatic heterocycles. The van der Waals surface area contributed by atoms with E-state index in [1.807, 2.05) is 103 Å². The van der Waals surface area contributed by atoms with Crippen molar-refractivity contribution in [3.05, 3.63) is 127 Å². The summed E-state index contributed by atoms with van der Waals surface area (Å²) >= 11 is 0. The number of aliphatic hydroxyl groups excluding tert-OH is 1. The number of hydrogen-bond acceptors (Lipinski definition) is 6. The van der Waals surface area contributed by atoms with Crippen molar-refractivity contribution in [2.24, 2.45) is 0 Å². The summed E-state index contributed by atoms with van der Waals surface area (Å²) in [6, 6.07) is 36.8. The second kappa shape index (κ2) is 13.0. The van der Waals surface area contributed by atoms with Crippen molar-refractivity contribution >= 4 is 34.3 Å². The lowest BCUT2D eigenvalue weighted by molar-refractivity contribution is 0.262. The van der Waals surface area contributed by atoms with Crippen LogP contribution in [0.1, 0.15) is 5.56 Å². The van der Waals surface area contributed by atoms with Gasteiger partial charge in [0.15, 0.2) is 0 Å². The monoisotopic (exact) mass is 569 g/mol. The number of anilines is 3. The van der Waals surface area contributed by atoms with Crippen LogP contribution in [-0.2, 0) is 6.42 Å². The molecule has 6 aromatic rings. The Bertz CT molecular complexity index is 1790. The van der Waals surface area contributed by atoms with E-state index in [0.29, 0.717) is 36.7 Å². The molecule has 214 valence electrons. The number of aliphatic hydroxyl groups is 1. The zero-order chi connectivity index (χ0) is 29.4. The molecule has 8 heteroatoms. The third kappa shape index (κ3) is 6.39. The first-order valence-corrected chi connectivity index (χ1v) is 14.2. The van der Waals surface area contributed by atoms with E-state index >= 15 is 0 Å². The molecule has 4 aromatic carbocycles. The minimum atomic E-state index is -0.301. The van der Waals surface area contributed by atoms with Crippen LogP contribution in [0.3, 0.4) is 0 Å². The van der Waals surface area contributed by atoms with Crippen LogP contribution >= 0.6 is 0 Å². The van der Waals surface area contributed by atoms with Crippen molar-refractivity contribution < 1.29 is 14.3 Å². The molecule has 0 spiro atoms. The van der Waals surface area contributed by atoms with Crippen LogP contribution in [0.4, 0.5) is 22.0 Å². The zero-order valence-corrected chi connectivity index (χ0v) is 23.5. The molecule has 2 amide bonds. The Hall–Kier alpha value is -5.47. The number of benzene rings is 4. The Balaban J connectivity index is 1.25. The number of hydrogen-bond donors (Lipinski definition) is 3. The van der Waals surface area contributed by atoms with Crippen molar-refractivity contribution in [2.75, 3.05) is 35.2 Å². The van der Waals surface area contributed by atoms with E-state index in [9.17, 15) is 9.90 Å². The van der Waals surface area contributed by atoms with Gasteiger partial charge in [-0.25, -0.2) is 14.8 Å². The van der Waals surface area contributed by atoms with E-state index in [4.69, 9.17) is 9.40 Å². The second-order valence-corrected chi connectivity index (χ2v) is 10.0. The molecule has 0 bridgehead atoms. The summed E-state index contributed by atoms with van der Waals surface area (Å²) in [5.41, 5.74) is 5.87. The predicted molar refractivity (Wildman–Crippen MR) is 171 cm³/mol. The number of furan rings is 1. The summed E-state index contributed by atoms with van der Waals surface area (Å²) in [6.45, 7) is 0.967. The Morgan fingerprint density at radius 2 is 1.33 bits per heavy atom. The van der Waals surface area contributed by atoms with E-state index in [1.54, 1.807) is 0 Å². The number of nitrogens with one attached hydrogen (secondary N) is 2. The lowest BCUT2D eigenvalue weighted by Crippen LogP contribution is -2.30. The number of urea groups is 1. The summed E-state index contributed by atoms with van der Waals surface area (Å²) in [7, 11) is 0. The first kappa shape index (κ1) is 27.7. The third-order valence-corrected chi connectivity index (χ3v) is 7.15. The maximum atomic E-state index is 12.4. The highest BCUT2D eigenvalue weighted by Gasteiger charge is 2.24. The number of carbonyl (C=O) groups excluding carboxylic acids is 1. The van der Waals surface area contributed by atoms with Crippen LogP contribution in [0.2, 0.25) is 0 Å². The fourth-order valence-corrected chi connectivity index (χ4v) is 5.11. The van der Waals surface area contributed by atoms with Gasteiger partial charge in [0, 0.05) is 35.6 Å². The van der Waals surface area contributed by atoms with Crippen LogP contribution < -0.4 is 15.5 Å². The Kier molecular flexibility index (Phi) is 8.38. The minimum Gasteiger partial charge on any atom is -0.437 e. The zero-order valence-electron chi connectivity index (χ0n) is 23.5. The Labute approximate surface area is 249 Å². The molecule has 0 aliphatic carbocycles. The van der Waals surface area contributed by atoms with E-state index in [0.717, 1.165) is 39.1 Å². The van der Waals surface area contributed by atoms with Gasteiger partial charge in [-0.3, -0.25) is 0 Å². The third-order valence-electron chi connectivity index (χ3n) is 7.15. The van der Waals surface area contributed by atoms with Gasteiger partial charge in [-0.15, -0.1) is 0 Å². The van der Waals surface area contributed by atoms with Gasteiger partial charge < -0.3 is 25.1 Å². The lowest BCUT2D eigenvalue weighted by Gasteiger charge is -2.23. The van der Waals surface area contributed by atoms with Gasteiger partial charge in [0.2, 0.25) is 5.71 Å². The summed E-state index contributed by atoms with van der Waals surface area (Å²) < 4.78 is 6.37. The first-order valence-electron chi connectivity index (χ1n) is 14.2. The highest BCUT2D eigenvalue weighted by Crippen LogP contribution is 2.43. The minimum absolute atomic E-state index is 0.0328. The number of amides is 2. The molecule has 0 atom stereocenters. The fourth-order valence-electron chi connectivity index (χ4n) is 5.11. The Morgan fingerprint density at radius 3 is 1.98 bits per heavy atom. The molecule has 43 heavy (non-hydrogen) atoms. The maximum absolute atomic E-state index is 12.4. The largest absolute Gasteiger partial charge is 0.437 e. The maximum Gasteiger partial charge on any atom is 0.323 e. The quantitative estimate of drug-likeness (QED) is 0.161. The molecule has 0 radical (unpaired) electrons. The van der Waals surface area contributed by atoms with Crippen molar-refractivity contribution in [1.82, 2.24) is 9.97 Å². The van der Waals surface area contributed by atoms with Crippen molar-refractivity contribution in [3.63, 3.8) is 0 Å². The molecule has 0 aliphatic heterocycles. The number of para-hydroxylation sites is 1. The number of carbonyl (C=O) groups is 1. The van der Waals surface area contributed by atoms with E-state index in [1.165, 1.54) is 6.33 Å². The molecule has 0 aliphatic rings. The molecule has 6 rings (SSSR count). The fraction of sp³-hybridized carbons (Fsp3) is 0.114. The highest BCUT2D eigenvalue weighted by atomic mass is 16.3. The topological polar surface area (TPSA) is 104 Å². The van der Waals surface area contributed by atoms with Crippen LogP contribution in [-0.4, -0.2) is 40.8 Å². The smallest absolute Gasteiger partial charge is 0.323 e. The van der Waals surface area contributed by atoms with Crippen LogP contribution in [0.15, 0.2) is 126 Å². The molecule has 2 heterocycles. The van der Waals surface area contributed by atoms with E-state index in [2.05, 4.69) is 32.7 Å². The summed E-state index contributed by atoms with van der Waals surface area (Å²) in [4.78, 5) is 23.6. The SMILES string of the molecule is O=C(Nc1ccccc1)Nc1ccc(CCN(CCO)c2ncnc3oc(-c4ccccc4)c(-c4ccccc4)c23)cc1. The van der Waals surface area contributed by atoms with Crippen LogP contribution in [0.25, 0.3) is 33.6 Å². The first-order chi connectivity index (χ1) is 21.2. The summed E-state index contributed by atoms with van der Waals surface area (Å²) in [5.74, 6) is 1.44. The number of rotatable bonds is 10. The highest BCUT2D eigenvalue weighted by molar-refractivity contribution is 6.06. The lowest BCUT2D eigenvalue weighted by atomic mass is 9.99. The molecule has 8 nitrogen and oxygen atoms in total.